The minimum atomic E-state index is -1.77. The summed E-state index contributed by atoms with van der Waals surface area (Å²) in [5.41, 5.74) is -0.154. The summed E-state index contributed by atoms with van der Waals surface area (Å²) >= 11 is 0. The van der Waals surface area contributed by atoms with E-state index in [1.54, 1.807) is 4.90 Å². The van der Waals surface area contributed by atoms with Gasteiger partial charge in [0.2, 0.25) is 5.91 Å². The summed E-state index contributed by atoms with van der Waals surface area (Å²) in [5.74, 6) is 0.136. The topological polar surface area (TPSA) is 37.4 Å². The van der Waals surface area contributed by atoms with E-state index in [4.69, 9.17) is 0 Å². The van der Waals surface area contributed by atoms with Crippen LogP contribution in [-0.2, 0) is 9.59 Å². The SMILES string of the molecule is CC(C)(C)[Si](C)(C)[C@H](C=O)N1CCC1=O. The Bertz CT molecular complexity index is 281. The number of rotatable bonds is 3. The number of aldehydes is 1. The Morgan fingerprint density at radius 3 is 2.13 bits per heavy atom. The van der Waals surface area contributed by atoms with Crippen molar-refractivity contribution in [3.8, 4) is 0 Å². The highest BCUT2D eigenvalue weighted by Crippen LogP contribution is 2.40. The summed E-state index contributed by atoms with van der Waals surface area (Å²) in [6, 6.07) is 0. The first kappa shape index (κ1) is 12.4. The first-order valence-corrected chi connectivity index (χ1v) is 8.54. The molecule has 1 amide bonds. The van der Waals surface area contributed by atoms with Crippen molar-refractivity contribution in [1.82, 2.24) is 4.90 Å². The van der Waals surface area contributed by atoms with Crippen molar-refractivity contribution >= 4 is 20.3 Å². The molecule has 0 aliphatic carbocycles. The van der Waals surface area contributed by atoms with Crippen molar-refractivity contribution < 1.29 is 9.59 Å². The van der Waals surface area contributed by atoms with Crippen LogP contribution in [0.4, 0.5) is 0 Å². The zero-order chi connectivity index (χ0) is 11.9. The van der Waals surface area contributed by atoms with Crippen molar-refractivity contribution in [1.29, 1.82) is 0 Å². The minimum absolute atomic E-state index is 0.133. The van der Waals surface area contributed by atoms with Crippen LogP contribution in [0.25, 0.3) is 0 Å². The normalized spacial score (nSPS) is 19.8. The monoisotopic (exact) mass is 227 g/mol. The molecule has 0 unspecified atom stereocenters. The van der Waals surface area contributed by atoms with Crippen molar-refractivity contribution in [2.24, 2.45) is 0 Å². The fourth-order valence-corrected chi connectivity index (χ4v) is 3.98. The van der Waals surface area contributed by atoms with Gasteiger partial charge in [0.15, 0.2) is 0 Å². The van der Waals surface area contributed by atoms with E-state index < -0.39 is 8.07 Å². The average Bonchev–Trinajstić information content (AvgIpc) is 2.09. The Labute approximate surface area is 92.8 Å². The van der Waals surface area contributed by atoms with Gasteiger partial charge in [-0.3, -0.25) is 4.79 Å². The molecule has 0 bridgehead atoms. The predicted octanol–water partition coefficient (Wildman–Crippen LogP) is 1.83. The molecule has 4 heteroatoms. The molecule has 0 aromatic heterocycles. The number of likely N-dealkylation sites (tertiary alicyclic amines) is 1. The van der Waals surface area contributed by atoms with E-state index >= 15 is 0 Å². The maximum absolute atomic E-state index is 11.4. The molecule has 0 N–H and O–H groups in total. The summed E-state index contributed by atoms with van der Waals surface area (Å²) in [7, 11) is -1.77. The van der Waals surface area contributed by atoms with Gasteiger partial charge in [-0.1, -0.05) is 33.9 Å². The molecule has 1 fully saturated rings. The fourth-order valence-electron chi connectivity index (χ4n) is 1.70. The van der Waals surface area contributed by atoms with Gasteiger partial charge in [0.1, 0.15) is 6.29 Å². The van der Waals surface area contributed by atoms with Crippen LogP contribution in [0.15, 0.2) is 0 Å². The molecule has 1 saturated heterocycles. The summed E-state index contributed by atoms with van der Waals surface area (Å²) in [4.78, 5) is 24.4. The van der Waals surface area contributed by atoms with Crippen molar-refractivity contribution in [3.05, 3.63) is 0 Å². The Morgan fingerprint density at radius 1 is 1.40 bits per heavy atom. The number of nitrogens with zero attached hydrogens (tertiary/aromatic N) is 1. The standard InChI is InChI=1S/C11H21NO2Si/c1-11(2,3)15(4,5)10(8-13)12-7-6-9(12)14/h8,10H,6-7H2,1-5H3/t10-/m1/s1. The number of hydrogen-bond acceptors (Lipinski definition) is 2. The molecular formula is C11H21NO2Si. The summed E-state index contributed by atoms with van der Waals surface area (Å²) in [5, 5.41) is 0.133. The van der Waals surface area contributed by atoms with E-state index in [2.05, 4.69) is 33.9 Å². The largest absolute Gasteiger partial charge is 0.335 e. The number of β-lactam (4-membered cyclic amide) rings is 1. The van der Waals surface area contributed by atoms with Gasteiger partial charge in [-0.25, -0.2) is 0 Å². The lowest BCUT2D eigenvalue weighted by Crippen LogP contribution is -2.64. The van der Waals surface area contributed by atoms with Crippen LogP contribution < -0.4 is 0 Å². The van der Waals surface area contributed by atoms with Crippen molar-refractivity contribution in [2.45, 2.75) is 51.0 Å². The molecule has 1 atom stereocenters. The van der Waals surface area contributed by atoms with Gasteiger partial charge in [0.25, 0.3) is 0 Å². The fraction of sp³-hybridized carbons (Fsp3) is 0.818. The second-order valence-corrected chi connectivity index (χ2v) is 11.4. The Balaban J connectivity index is 2.91. The van der Waals surface area contributed by atoms with Gasteiger partial charge in [-0.15, -0.1) is 0 Å². The zero-order valence-electron chi connectivity index (χ0n) is 10.3. The molecular weight excluding hydrogens is 206 g/mol. The van der Waals surface area contributed by atoms with Crippen LogP contribution in [0.3, 0.4) is 0 Å². The van der Waals surface area contributed by atoms with Crippen molar-refractivity contribution in [2.75, 3.05) is 6.54 Å². The van der Waals surface area contributed by atoms with Gasteiger partial charge in [0, 0.05) is 13.0 Å². The Hall–Kier alpha value is -0.643. The quantitative estimate of drug-likeness (QED) is 0.419. The van der Waals surface area contributed by atoms with Crippen LogP contribution in [0.2, 0.25) is 18.1 Å². The maximum Gasteiger partial charge on any atom is 0.224 e. The first-order valence-electron chi connectivity index (χ1n) is 5.46. The number of carbonyl (C=O) groups excluding carboxylic acids is 2. The molecule has 0 saturated carbocycles. The molecule has 3 nitrogen and oxygen atoms in total. The van der Waals surface area contributed by atoms with Crippen molar-refractivity contribution in [3.63, 3.8) is 0 Å². The van der Waals surface area contributed by atoms with Crippen LogP contribution in [0, 0.1) is 0 Å². The first-order chi connectivity index (χ1) is 6.71. The molecule has 0 aromatic rings. The number of hydrogen-bond donors (Lipinski definition) is 0. The lowest BCUT2D eigenvalue weighted by molar-refractivity contribution is -0.143. The second kappa shape index (κ2) is 3.74. The van der Waals surface area contributed by atoms with E-state index in [9.17, 15) is 9.59 Å². The molecule has 0 radical (unpaired) electrons. The van der Waals surface area contributed by atoms with Gasteiger partial charge in [0.05, 0.1) is 13.7 Å². The highest BCUT2D eigenvalue weighted by atomic mass is 28.3. The van der Waals surface area contributed by atoms with Gasteiger partial charge in [-0.2, -0.15) is 0 Å². The molecule has 0 aromatic carbocycles. The summed E-state index contributed by atoms with van der Waals surface area (Å²) < 4.78 is 0. The molecule has 1 aliphatic rings. The maximum atomic E-state index is 11.4. The van der Waals surface area contributed by atoms with E-state index in [0.29, 0.717) is 6.42 Å². The third-order valence-corrected chi connectivity index (χ3v) is 9.82. The van der Waals surface area contributed by atoms with E-state index in [1.165, 1.54) is 0 Å². The zero-order valence-corrected chi connectivity index (χ0v) is 11.3. The third-order valence-electron chi connectivity index (χ3n) is 4.02. The van der Waals surface area contributed by atoms with E-state index in [1.807, 2.05) is 0 Å². The van der Waals surface area contributed by atoms with Gasteiger partial charge < -0.3 is 9.69 Å². The lowest BCUT2D eigenvalue weighted by Gasteiger charge is -2.48. The van der Waals surface area contributed by atoms with E-state index in [-0.39, 0.29) is 16.6 Å². The molecule has 86 valence electrons. The average molecular weight is 227 g/mol. The lowest BCUT2D eigenvalue weighted by atomic mass is 10.2. The second-order valence-electron chi connectivity index (χ2n) is 5.89. The van der Waals surface area contributed by atoms with Gasteiger partial charge >= 0.3 is 0 Å². The van der Waals surface area contributed by atoms with Crippen LogP contribution in [0.5, 0.6) is 0 Å². The molecule has 1 aliphatic heterocycles. The Morgan fingerprint density at radius 2 is 1.93 bits per heavy atom. The summed E-state index contributed by atoms with van der Waals surface area (Å²) in [6.45, 7) is 11.6. The highest BCUT2D eigenvalue weighted by molar-refractivity contribution is 6.83. The van der Waals surface area contributed by atoms with Crippen LogP contribution >= 0.6 is 0 Å². The number of amides is 1. The van der Waals surface area contributed by atoms with E-state index in [0.717, 1.165) is 12.8 Å². The predicted molar refractivity (Wildman–Crippen MR) is 63.4 cm³/mol. The molecule has 15 heavy (non-hydrogen) atoms. The molecule has 1 rings (SSSR count). The third kappa shape index (κ3) is 2.00. The van der Waals surface area contributed by atoms with Crippen LogP contribution in [0.1, 0.15) is 27.2 Å². The van der Waals surface area contributed by atoms with Crippen LogP contribution in [-0.4, -0.2) is 37.4 Å². The number of carbonyl (C=O) groups is 2. The minimum Gasteiger partial charge on any atom is -0.335 e. The summed E-state index contributed by atoms with van der Waals surface area (Å²) in [6.07, 6.45) is 1.59. The Kier molecular flexibility index (Phi) is 3.10. The highest BCUT2D eigenvalue weighted by Gasteiger charge is 2.48. The van der Waals surface area contributed by atoms with Gasteiger partial charge in [-0.05, 0) is 5.04 Å². The smallest absolute Gasteiger partial charge is 0.224 e. The molecule has 0 spiro atoms. The molecule has 1 heterocycles.